The minimum Gasteiger partial charge on any atom is -0.312 e. The Hall–Kier alpha value is -2.52. The molecule has 0 unspecified atom stereocenters. The van der Waals surface area contributed by atoms with E-state index >= 15 is 0 Å². The zero-order chi connectivity index (χ0) is 14.8. The molecule has 21 heavy (non-hydrogen) atoms. The monoisotopic (exact) mass is 284 g/mol. The Morgan fingerprint density at radius 2 is 2.29 bits per heavy atom. The van der Waals surface area contributed by atoms with Crippen molar-refractivity contribution < 1.29 is 4.39 Å². The van der Waals surface area contributed by atoms with E-state index in [4.69, 9.17) is 5.26 Å². The smallest absolute Gasteiger partial charge is 0.267 e. The molecule has 0 atom stereocenters. The van der Waals surface area contributed by atoms with Crippen LogP contribution in [0.15, 0.2) is 29.1 Å². The molecule has 1 aliphatic heterocycles. The highest BCUT2D eigenvalue weighted by Gasteiger charge is 2.13. The number of benzene rings is 1. The normalized spacial score (nSPS) is 13.5. The summed E-state index contributed by atoms with van der Waals surface area (Å²) in [5, 5.41) is 16.4. The first-order valence-corrected chi connectivity index (χ1v) is 6.66. The number of aromatic nitrogens is 2. The maximum atomic E-state index is 13.3. The second-order valence-corrected chi connectivity index (χ2v) is 4.96. The molecule has 2 aromatic rings. The predicted molar refractivity (Wildman–Crippen MR) is 74.1 cm³/mol. The maximum absolute atomic E-state index is 13.3. The van der Waals surface area contributed by atoms with Gasteiger partial charge >= 0.3 is 0 Å². The second kappa shape index (κ2) is 5.46. The third-order valence-corrected chi connectivity index (χ3v) is 3.50. The Bertz CT molecular complexity index is 791. The molecule has 0 aliphatic carbocycles. The number of hydrogen-bond acceptors (Lipinski definition) is 4. The minimum atomic E-state index is -0.557. The largest absolute Gasteiger partial charge is 0.312 e. The summed E-state index contributed by atoms with van der Waals surface area (Å²) in [4.78, 5) is 12.1. The van der Waals surface area contributed by atoms with Crippen LogP contribution >= 0.6 is 0 Å². The fourth-order valence-corrected chi connectivity index (χ4v) is 2.40. The summed E-state index contributed by atoms with van der Waals surface area (Å²) in [6.45, 7) is 1.73. The summed E-state index contributed by atoms with van der Waals surface area (Å²) in [7, 11) is 0. The molecule has 6 heteroatoms. The van der Waals surface area contributed by atoms with Crippen molar-refractivity contribution in [1.82, 2.24) is 15.1 Å². The van der Waals surface area contributed by atoms with E-state index in [0.717, 1.165) is 24.2 Å². The van der Waals surface area contributed by atoms with E-state index in [-0.39, 0.29) is 17.7 Å². The highest BCUT2D eigenvalue weighted by molar-refractivity contribution is 5.34. The SMILES string of the molecule is N#Cc1cc(Cn2nc3c(cc2=O)CNCC3)ccc1F. The topological polar surface area (TPSA) is 70.7 Å². The van der Waals surface area contributed by atoms with Crippen molar-refractivity contribution in [3.8, 4) is 6.07 Å². The van der Waals surface area contributed by atoms with Crippen molar-refractivity contribution in [3.05, 3.63) is 62.8 Å². The number of rotatable bonds is 2. The molecule has 0 saturated carbocycles. The number of nitriles is 1. The highest BCUT2D eigenvalue weighted by Crippen LogP contribution is 2.11. The van der Waals surface area contributed by atoms with Crippen LogP contribution in [0.2, 0.25) is 0 Å². The van der Waals surface area contributed by atoms with Crippen LogP contribution < -0.4 is 10.9 Å². The molecule has 5 nitrogen and oxygen atoms in total. The lowest BCUT2D eigenvalue weighted by Crippen LogP contribution is -2.31. The first-order chi connectivity index (χ1) is 10.2. The van der Waals surface area contributed by atoms with E-state index in [1.165, 1.54) is 16.8 Å². The molecule has 0 spiro atoms. The highest BCUT2D eigenvalue weighted by atomic mass is 19.1. The Morgan fingerprint density at radius 1 is 1.43 bits per heavy atom. The summed E-state index contributed by atoms with van der Waals surface area (Å²) in [5.41, 5.74) is 2.30. The van der Waals surface area contributed by atoms with E-state index in [1.807, 2.05) is 0 Å². The average molecular weight is 284 g/mol. The van der Waals surface area contributed by atoms with Crippen LogP contribution in [-0.4, -0.2) is 16.3 Å². The van der Waals surface area contributed by atoms with Gasteiger partial charge in [-0.25, -0.2) is 9.07 Å². The van der Waals surface area contributed by atoms with Gasteiger partial charge in [0.15, 0.2) is 0 Å². The van der Waals surface area contributed by atoms with E-state index in [0.29, 0.717) is 12.1 Å². The van der Waals surface area contributed by atoms with Gasteiger partial charge in [0, 0.05) is 25.6 Å². The summed E-state index contributed by atoms with van der Waals surface area (Å²) < 4.78 is 14.7. The van der Waals surface area contributed by atoms with Gasteiger partial charge in [0.25, 0.3) is 5.56 Å². The van der Waals surface area contributed by atoms with Gasteiger partial charge in [-0.05, 0) is 23.3 Å². The van der Waals surface area contributed by atoms with Gasteiger partial charge in [-0.2, -0.15) is 10.4 Å². The van der Waals surface area contributed by atoms with Gasteiger partial charge in [-0.3, -0.25) is 4.79 Å². The molecule has 106 valence electrons. The Labute approximate surface area is 120 Å². The molecule has 3 rings (SSSR count). The molecule has 0 bridgehead atoms. The molecule has 0 radical (unpaired) electrons. The van der Waals surface area contributed by atoms with Gasteiger partial charge in [0.2, 0.25) is 0 Å². The van der Waals surface area contributed by atoms with E-state index in [9.17, 15) is 9.18 Å². The van der Waals surface area contributed by atoms with Crippen molar-refractivity contribution in [3.63, 3.8) is 0 Å². The molecule has 2 heterocycles. The standard InChI is InChI=1S/C15H13FN4O/c16-13-2-1-10(5-11(13)7-17)9-20-15(21)6-12-8-18-4-3-14(12)19-20/h1-2,5-6,18H,3-4,8-9H2. The number of nitrogens with zero attached hydrogens (tertiary/aromatic N) is 3. The molecule has 1 aromatic carbocycles. The van der Waals surface area contributed by atoms with Crippen molar-refractivity contribution >= 4 is 0 Å². The molecular weight excluding hydrogens is 271 g/mol. The lowest BCUT2D eigenvalue weighted by atomic mass is 10.1. The van der Waals surface area contributed by atoms with Gasteiger partial charge < -0.3 is 5.32 Å². The van der Waals surface area contributed by atoms with Crippen molar-refractivity contribution in [1.29, 1.82) is 5.26 Å². The molecule has 0 saturated heterocycles. The Kier molecular flexibility index (Phi) is 3.50. The van der Waals surface area contributed by atoms with Crippen molar-refractivity contribution in [2.75, 3.05) is 6.54 Å². The maximum Gasteiger partial charge on any atom is 0.267 e. The fourth-order valence-electron chi connectivity index (χ4n) is 2.40. The van der Waals surface area contributed by atoms with Gasteiger partial charge in [0.1, 0.15) is 11.9 Å². The van der Waals surface area contributed by atoms with Crippen molar-refractivity contribution in [2.24, 2.45) is 0 Å². The quantitative estimate of drug-likeness (QED) is 0.891. The summed E-state index contributed by atoms with van der Waals surface area (Å²) in [5.74, 6) is -0.557. The van der Waals surface area contributed by atoms with Gasteiger partial charge in [-0.15, -0.1) is 0 Å². The first kappa shape index (κ1) is 13.5. The zero-order valence-electron chi connectivity index (χ0n) is 11.3. The van der Waals surface area contributed by atoms with Gasteiger partial charge in [-0.1, -0.05) is 6.07 Å². The molecule has 1 N–H and O–H groups in total. The van der Waals surface area contributed by atoms with Crippen LogP contribution in [0.4, 0.5) is 4.39 Å². The summed E-state index contributed by atoms with van der Waals surface area (Å²) in [6, 6.07) is 7.63. The molecule has 1 aromatic heterocycles. The lowest BCUT2D eigenvalue weighted by Gasteiger charge is -2.17. The Balaban J connectivity index is 1.95. The van der Waals surface area contributed by atoms with Crippen molar-refractivity contribution in [2.45, 2.75) is 19.5 Å². The third kappa shape index (κ3) is 2.69. The van der Waals surface area contributed by atoms with Gasteiger partial charge in [0.05, 0.1) is 17.8 Å². The van der Waals surface area contributed by atoms with E-state index in [2.05, 4.69) is 10.4 Å². The zero-order valence-corrected chi connectivity index (χ0v) is 11.3. The first-order valence-electron chi connectivity index (χ1n) is 6.66. The molecule has 1 aliphatic rings. The second-order valence-electron chi connectivity index (χ2n) is 4.96. The van der Waals surface area contributed by atoms with Crippen LogP contribution in [0.3, 0.4) is 0 Å². The molecule has 0 fully saturated rings. The van der Waals surface area contributed by atoms with Crippen LogP contribution in [0, 0.1) is 17.1 Å². The predicted octanol–water partition coefficient (Wildman–Crippen LogP) is 0.948. The van der Waals surface area contributed by atoms with E-state index in [1.54, 1.807) is 18.2 Å². The van der Waals surface area contributed by atoms with Crippen LogP contribution in [-0.2, 0) is 19.5 Å². The number of halogens is 1. The molecule has 0 amide bonds. The van der Waals surface area contributed by atoms with Crippen LogP contribution in [0.5, 0.6) is 0 Å². The average Bonchev–Trinajstić information content (AvgIpc) is 2.50. The van der Waals surface area contributed by atoms with Crippen LogP contribution in [0.1, 0.15) is 22.4 Å². The third-order valence-electron chi connectivity index (χ3n) is 3.50. The molecular formula is C15H13FN4O. The fraction of sp³-hybridized carbons (Fsp3) is 0.267. The number of hydrogen-bond donors (Lipinski definition) is 1. The summed E-state index contributed by atoms with van der Waals surface area (Å²) >= 11 is 0. The lowest BCUT2D eigenvalue weighted by molar-refractivity contribution is 0.561. The summed E-state index contributed by atoms with van der Waals surface area (Å²) in [6.07, 6.45) is 0.780. The number of fused-ring (bicyclic) bond motifs is 1. The van der Waals surface area contributed by atoms with E-state index < -0.39 is 5.82 Å². The Morgan fingerprint density at radius 3 is 3.10 bits per heavy atom. The number of nitrogens with one attached hydrogen (secondary N) is 1. The van der Waals surface area contributed by atoms with Crippen LogP contribution in [0.25, 0.3) is 0 Å². The minimum absolute atomic E-state index is 0.0253.